The Morgan fingerprint density at radius 3 is 2.00 bits per heavy atom. The van der Waals surface area contributed by atoms with E-state index < -0.39 is 29.2 Å². The van der Waals surface area contributed by atoms with E-state index in [0.29, 0.717) is 5.75 Å². The number of ether oxygens (including phenoxy) is 4. The Hall–Kier alpha value is -3.55. The van der Waals surface area contributed by atoms with Crippen LogP contribution in [0.25, 0.3) is 0 Å². The fourth-order valence-electron chi connectivity index (χ4n) is 3.64. The van der Waals surface area contributed by atoms with E-state index >= 15 is 0 Å². The number of amides is 1. The number of carbonyl (C=O) groups is 3. The molecule has 2 aromatic carbocycles. The molecule has 0 spiro atoms. The minimum absolute atomic E-state index is 0.0816. The second-order valence-electron chi connectivity index (χ2n) is 10.4. The molecule has 0 saturated heterocycles. The molecule has 0 unspecified atom stereocenters. The first-order valence-corrected chi connectivity index (χ1v) is 12.4. The second kappa shape index (κ2) is 12.6. The number of hydrogen-bond donors (Lipinski definition) is 0. The number of esters is 2. The average Bonchev–Trinajstić information content (AvgIpc) is 2.79. The van der Waals surface area contributed by atoms with Gasteiger partial charge in [0.05, 0.1) is 6.61 Å². The summed E-state index contributed by atoms with van der Waals surface area (Å²) in [5.74, 6) is -0.427. The fraction of sp³-hybridized carbons (Fsp3) is 0.483. The summed E-state index contributed by atoms with van der Waals surface area (Å²) in [4.78, 5) is 39.2. The van der Waals surface area contributed by atoms with Crippen LogP contribution < -0.4 is 4.74 Å². The van der Waals surface area contributed by atoms with Crippen molar-refractivity contribution in [1.29, 1.82) is 0 Å². The van der Waals surface area contributed by atoms with Gasteiger partial charge in [0, 0.05) is 6.54 Å². The van der Waals surface area contributed by atoms with E-state index in [2.05, 4.69) is 0 Å². The van der Waals surface area contributed by atoms with Gasteiger partial charge in [-0.3, -0.25) is 9.69 Å². The summed E-state index contributed by atoms with van der Waals surface area (Å²) in [5.41, 5.74) is 1.32. The SMILES string of the molecule is CCOC(=O)C(C)(C)Oc1c(C)cc(CN(CC(=O)OC(C)(C)C)C(=O)OCc2ccccc2)cc1C. The van der Waals surface area contributed by atoms with Crippen molar-refractivity contribution in [2.75, 3.05) is 13.2 Å². The van der Waals surface area contributed by atoms with Gasteiger partial charge in [-0.2, -0.15) is 0 Å². The van der Waals surface area contributed by atoms with Crippen molar-refractivity contribution in [3.05, 3.63) is 64.7 Å². The first-order chi connectivity index (χ1) is 17.2. The van der Waals surface area contributed by atoms with Crippen LogP contribution in [0, 0.1) is 13.8 Å². The van der Waals surface area contributed by atoms with Gasteiger partial charge in [0.25, 0.3) is 0 Å². The predicted molar refractivity (Wildman–Crippen MR) is 140 cm³/mol. The number of carbonyl (C=O) groups excluding carboxylic acids is 3. The Bertz CT molecular complexity index is 1060. The summed E-state index contributed by atoms with van der Waals surface area (Å²) >= 11 is 0. The van der Waals surface area contributed by atoms with Crippen molar-refractivity contribution < 1.29 is 33.3 Å². The lowest BCUT2D eigenvalue weighted by Gasteiger charge is -2.27. The minimum Gasteiger partial charge on any atom is -0.476 e. The molecule has 0 saturated carbocycles. The lowest BCUT2D eigenvalue weighted by atomic mass is 10.0. The lowest BCUT2D eigenvalue weighted by Crippen LogP contribution is -2.40. The van der Waals surface area contributed by atoms with Crippen LogP contribution in [0.1, 0.15) is 63.8 Å². The smallest absolute Gasteiger partial charge is 0.410 e. The second-order valence-corrected chi connectivity index (χ2v) is 10.4. The third-order valence-corrected chi connectivity index (χ3v) is 5.22. The largest absolute Gasteiger partial charge is 0.476 e. The maximum Gasteiger partial charge on any atom is 0.410 e. The van der Waals surface area contributed by atoms with Gasteiger partial charge in [0.2, 0.25) is 0 Å². The molecule has 0 radical (unpaired) electrons. The molecule has 2 aromatic rings. The summed E-state index contributed by atoms with van der Waals surface area (Å²) in [6.07, 6.45) is -0.631. The van der Waals surface area contributed by atoms with Crippen LogP contribution in [0.4, 0.5) is 4.79 Å². The molecule has 1 amide bonds. The van der Waals surface area contributed by atoms with E-state index in [4.69, 9.17) is 18.9 Å². The van der Waals surface area contributed by atoms with Gasteiger partial charge < -0.3 is 18.9 Å². The molecule has 0 atom stereocenters. The highest BCUT2D eigenvalue weighted by Gasteiger charge is 2.33. The van der Waals surface area contributed by atoms with E-state index in [1.165, 1.54) is 4.90 Å². The van der Waals surface area contributed by atoms with Crippen molar-refractivity contribution in [2.24, 2.45) is 0 Å². The van der Waals surface area contributed by atoms with Gasteiger partial charge in [-0.05, 0) is 77.6 Å². The Balaban J connectivity index is 2.24. The first-order valence-electron chi connectivity index (χ1n) is 12.4. The third kappa shape index (κ3) is 9.44. The molecule has 8 nitrogen and oxygen atoms in total. The normalized spacial score (nSPS) is 11.5. The van der Waals surface area contributed by atoms with Crippen molar-refractivity contribution in [1.82, 2.24) is 4.90 Å². The Morgan fingerprint density at radius 1 is 0.865 bits per heavy atom. The summed E-state index contributed by atoms with van der Waals surface area (Å²) in [6.45, 7) is 14.3. The highest BCUT2D eigenvalue weighted by Crippen LogP contribution is 2.30. The molecule has 8 heteroatoms. The third-order valence-electron chi connectivity index (χ3n) is 5.22. The van der Waals surface area contributed by atoms with Gasteiger partial charge >= 0.3 is 18.0 Å². The average molecular weight is 514 g/mol. The molecule has 202 valence electrons. The molecular formula is C29H39NO7. The lowest BCUT2D eigenvalue weighted by molar-refractivity contribution is -0.158. The zero-order valence-corrected chi connectivity index (χ0v) is 23.2. The van der Waals surface area contributed by atoms with Crippen molar-refractivity contribution in [2.45, 2.75) is 79.7 Å². The molecule has 0 aliphatic heterocycles. The topological polar surface area (TPSA) is 91.4 Å². The quantitative estimate of drug-likeness (QED) is 0.306. The number of rotatable bonds is 10. The number of benzene rings is 2. The van der Waals surface area contributed by atoms with Gasteiger partial charge in [-0.15, -0.1) is 0 Å². The van der Waals surface area contributed by atoms with E-state index in [1.54, 1.807) is 41.5 Å². The van der Waals surface area contributed by atoms with E-state index in [0.717, 1.165) is 22.3 Å². The van der Waals surface area contributed by atoms with Crippen molar-refractivity contribution in [3.8, 4) is 5.75 Å². The molecule has 0 N–H and O–H groups in total. The molecule has 0 heterocycles. The molecule has 0 aliphatic rings. The monoisotopic (exact) mass is 513 g/mol. The highest BCUT2D eigenvalue weighted by atomic mass is 16.6. The summed E-state index contributed by atoms with van der Waals surface area (Å²) in [5, 5.41) is 0. The molecule has 0 bridgehead atoms. The van der Waals surface area contributed by atoms with Crippen LogP contribution in [0.3, 0.4) is 0 Å². The Labute approximate surface area is 219 Å². The van der Waals surface area contributed by atoms with Crippen molar-refractivity contribution in [3.63, 3.8) is 0 Å². The molecule has 0 aromatic heterocycles. The van der Waals surface area contributed by atoms with Gasteiger partial charge in [0.1, 0.15) is 24.5 Å². The summed E-state index contributed by atoms with van der Waals surface area (Å²) in [7, 11) is 0. The maximum absolute atomic E-state index is 13.0. The Morgan fingerprint density at radius 2 is 1.46 bits per heavy atom. The minimum atomic E-state index is -1.17. The standard InChI is InChI=1S/C29H39NO7/c1-9-34-26(32)29(7,8)37-25-20(2)15-23(16-21(25)3)17-30(18-24(31)36-28(4,5)6)27(33)35-19-22-13-11-10-12-14-22/h10-16H,9,17-19H2,1-8H3. The summed E-state index contributed by atoms with van der Waals surface area (Å²) < 4.78 is 22.1. The molecule has 0 aliphatic carbocycles. The Kier molecular flexibility index (Phi) is 10.1. The number of hydrogen-bond acceptors (Lipinski definition) is 7. The number of aryl methyl sites for hydroxylation is 2. The van der Waals surface area contributed by atoms with Crippen LogP contribution in [-0.4, -0.2) is 47.3 Å². The molecular weight excluding hydrogens is 474 g/mol. The van der Waals surface area contributed by atoms with E-state index in [1.807, 2.05) is 56.3 Å². The number of nitrogens with zero attached hydrogens (tertiary/aromatic N) is 1. The van der Waals surface area contributed by atoms with Crippen LogP contribution in [0.15, 0.2) is 42.5 Å². The molecule has 0 fully saturated rings. The zero-order valence-electron chi connectivity index (χ0n) is 23.2. The zero-order chi connectivity index (χ0) is 27.8. The van der Waals surface area contributed by atoms with Crippen molar-refractivity contribution >= 4 is 18.0 Å². The molecule has 2 rings (SSSR count). The van der Waals surface area contributed by atoms with E-state index in [-0.39, 0.29) is 26.3 Å². The van der Waals surface area contributed by atoms with Crippen LogP contribution in [-0.2, 0) is 37.0 Å². The van der Waals surface area contributed by atoms with Gasteiger partial charge in [0.15, 0.2) is 5.60 Å². The predicted octanol–water partition coefficient (Wildman–Crippen LogP) is 5.50. The maximum atomic E-state index is 13.0. The van der Waals surface area contributed by atoms with Gasteiger partial charge in [-0.1, -0.05) is 42.5 Å². The van der Waals surface area contributed by atoms with Crippen LogP contribution in [0.5, 0.6) is 5.75 Å². The van der Waals surface area contributed by atoms with Crippen LogP contribution >= 0.6 is 0 Å². The summed E-state index contributed by atoms with van der Waals surface area (Å²) in [6, 6.07) is 13.0. The van der Waals surface area contributed by atoms with Crippen LogP contribution in [0.2, 0.25) is 0 Å². The fourth-order valence-corrected chi connectivity index (χ4v) is 3.64. The van der Waals surface area contributed by atoms with Gasteiger partial charge in [-0.25, -0.2) is 9.59 Å². The first kappa shape index (κ1) is 29.7. The molecule has 37 heavy (non-hydrogen) atoms. The highest BCUT2D eigenvalue weighted by molar-refractivity contribution is 5.79. The van der Waals surface area contributed by atoms with E-state index in [9.17, 15) is 14.4 Å².